The van der Waals surface area contributed by atoms with Crippen LogP contribution >= 0.6 is 0 Å². The van der Waals surface area contributed by atoms with Crippen molar-refractivity contribution in [1.29, 1.82) is 0 Å². The summed E-state index contributed by atoms with van der Waals surface area (Å²) in [6.45, 7) is 5.39. The Balaban J connectivity index is 2.17. The Morgan fingerprint density at radius 2 is 1.80 bits per heavy atom. The molecule has 1 atom stereocenters. The Morgan fingerprint density at radius 3 is 2.40 bits per heavy atom. The van der Waals surface area contributed by atoms with Crippen LogP contribution in [0, 0.1) is 23.4 Å². The molecule has 1 aliphatic heterocycles. The van der Waals surface area contributed by atoms with Crippen LogP contribution in [0.15, 0.2) is 12.1 Å². The normalized spacial score (nSPS) is 16.0. The molecular weight excluding hydrogens is 337 g/mol. The zero-order chi connectivity index (χ0) is 18.6. The highest BCUT2D eigenvalue weighted by atomic mass is 19.2. The number of hydrogen-bond acceptors (Lipinski definition) is 3. The molecule has 1 N–H and O–H groups in total. The van der Waals surface area contributed by atoms with Crippen LogP contribution in [0.1, 0.15) is 30.6 Å². The first-order chi connectivity index (χ1) is 11.8. The number of nitrogens with one attached hydrogen (secondary N) is 1. The molecule has 0 saturated carbocycles. The predicted molar refractivity (Wildman–Crippen MR) is 84.4 cm³/mol. The largest absolute Gasteiger partial charge is 0.378 e. The Bertz CT molecular complexity index is 646. The summed E-state index contributed by atoms with van der Waals surface area (Å²) in [7, 11) is 0. The van der Waals surface area contributed by atoms with E-state index in [4.69, 9.17) is 4.74 Å². The van der Waals surface area contributed by atoms with E-state index >= 15 is 0 Å². The van der Waals surface area contributed by atoms with Crippen LogP contribution in [0.2, 0.25) is 0 Å². The molecule has 2 amide bonds. The van der Waals surface area contributed by atoms with E-state index in [-0.39, 0.29) is 11.8 Å². The number of benzene rings is 1. The fourth-order valence-corrected chi connectivity index (χ4v) is 2.63. The van der Waals surface area contributed by atoms with Crippen LogP contribution in [0.3, 0.4) is 0 Å². The third-order valence-corrected chi connectivity index (χ3v) is 3.91. The molecule has 25 heavy (non-hydrogen) atoms. The van der Waals surface area contributed by atoms with Gasteiger partial charge >= 0.3 is 0 Å². The maximum absolute atomic E-state index is 13.8. The van der Waals surface area contributed by atoms with Gasteiger partial charge in [-0.15, -0.1) is 0 Å². The van der Waals surface area contributed by atoms with Gasteiger partial charge in [0.05, 0.1) is 18.8 Å². The van der Waals surface area contributed by atoms with Gasteiger partial charge in [-0.3, -0.25) is 9.59 Å². The van der Waals surface area contributed by atoms with E-state index in [1.807, 2.05) is 13.8 Å². The lowest BCUT2D eigenvalue weighted by molar-refractivity contribution is -0.137. The Morgan fingerprint density at radius 1 is 1.16 bits per heavy atom. The summed E-state index contributed by atoms with van der Waals surface area (Å²) < 4.78 is 45.3. The second-order valence-electron chi connectivity index (χ2n) is 6.32. The highest BCUT2D eigenvalue weighted by Gasteiger charge is 2.29. The van der Waals surface area contributed by atoms with Crippen molar-refractivity contribution < 1.29 is 27.5 Å². The van der Waals surface area contributed by atoms with Gasteiger partial charge in [0.1, 0.15) is 6.04 Å². The maximum atomic E-state index is 13.8. The molecule has 2 rings (SSSR count). The number of carbonyl (C=O) groups is 2. The number of halogens is 3. The summed E-state index contributed by atoms with van der Waals surface area (Å²) in [6.07, 6.45) is 0.341. The highest BCUT2D eigenvalue weighted by Crippen LogP contribution is 2.16. The minimum absolute atomic E-state index is 0.0880. The molecule has 0 aromatic heterocycles. The van der Waals surface area contributed by atoms with Crippen LogP contribution in [-0.4, -0.2) is 49.1 Å². The van der Waals surface area contributed by atoms with Crippen LogP contribution < -0.4 is 5.32 Å². The van der Waals surface area contributed by atoms with E-state index in [0.29, 0.717) is 38.8 Å². The van der Waals surface area contributed by atoms with Crippen molar-refractivity contribution in [2.24, 2.45) is 5.92 Å². The molecule has 5 nitrogen and oxygen atoms in total. The average Bonchev–Trinajstić information content (AvgIpc) is 2.58. The third-order valence-electron chi connectivity index (χ3n) is 3.91. The summed E-state index contributed by atoms with van der Waals surface area (Å²) >= 11 is 0. The van der Waals surface area contributed by atoms with Gasteiger partial charge in [-0.2, -0.15) is 0 Å². The highest BCUT2D eigenvalue weighted by molar-refractivity contribution is 5.97. The van der Waals surface area contributed by atoms with Crippen LogP contribution in [0.4, 0.5) is 13.2 Å². The first-order valence-corrected chi connectivity index (χ1v) is 8.12. The van der Waals surface area contributed by atoms with E-state index in [1.165, 1.54) is 0 Å². The predicted octanol–water partition coefficient (Wildman–Crippen LogP) is 2.11. The molecule has 8 heteroatoms. The minimum atomic E-state index is -1.72. The fourth-order valence-electron chi connectivity index (χ4n) is 2.63. The molecule has 1 saturated heterocycles. The number of rotatable bonds is 5. The Kier molecular flexibility index (Phi) is 6.41. The molecule has 1 heterocycles. The molecule has 1 fully saturated rings. The van der Waals surface area contributed by atoms with E-state index in [2.05, 4.69) is 5.32 Å². The number of carbonyl (C=O) groups excluding carboxylic acids is 2. The number of ether oxygens (including phenoxy) is 1. The summed E-state index contributed by atoms with van der Waals surface area (Å²) in [5.74, 6) is -5.83. The molecule has 0 spiro atoms. The van der Waals surface area contributed by atoms with Gasteiger partial charge in [-0.1, -0.05) is 13.8 Å². The minimum Gasteiger partial charge on any atom is -0.378 e. The molecule has 1 aromatic rings. The Labute approximate surface area is 144 Å². The van der Waals surface area contributed by atoms with Gasteiger partial charge in [-0.05, 0) is 24.5 Å². The van der Waals surface area contributed by atoms with Crippen molar-refractivity contribution >= 4 is 11.8 Å². The summed E-state index contributed by atoms with van der Waals surface area (Å²) in [5.41, 5.74) is -0.637. The Hall–Kier alpha value is -2.09. The van der Waals surface area contributed by atoms with E-state index in [9.17, 15) is 22.8 Å². The lowest BCUT2D eigenvalue weighted by Gasteiger charge is -2.31. The second kappa shape index (κ2) is 8.33. The number of nitrogens with zero attached hydrogens (tertiary/aromatic N) is 1. The van der Waals surface area contributed by atoms with E-state index < -0.39 is 35.0 Å². The van der Waals surface area contributed by atoms with Crippen molar-refractivity contribution in [3.63, 3.8) is 0 Å². The smallest absolute Gasteiger partial charge is 0.255 e. The van der Waals surface area contributed by atoms with E-state index in [1.54, 1.807) is 4.90 Å². The lowest BCUT2D eigenvalue weighted by atomic mass is 10.0. The maximum Gasteiger partial charge on any atom is 0.255 e. The van der Waals surface area contributed by atoms with Gasteiger partial charge in [0, 0.05) is 13.1 Å². The zero-order valence-electron chi connectivity index (χ0n) is 14.2. The molecule has 0 unspecified atom stereocenters. The molecule has 0 bridgehead atoms. The van der Waals surface area contributed by atoms with Crippen molar-refractivity contribution in [3.8, 4) is 0 Å². The lowest BCUT2D eigenvalue weighted by Crippen LogP contribution is -2.52. The topological polar surface area (TPSA) is 58.6 Å². The second-order valence-corrected chi connectivity index (χ2v) is 6.32. The fraction of sp³-hybridized carbons (Fsp3) is 0.529. The van der Waals surface area contributed by atoms with Crippen molar-refractivity contribution in [2.45, 2.75) is 26.3 Å². The summed E-state index contributed by atoms with van der Waals surface area (Å²) in [4.78, 5) is 26.5. The van der Waals surface area contributed by atoms with Crippen molar-refractivity contribution in [1.82, 2.24) is 10.2 Å². The molecule has 1 aromatic carbocycles. The molecule has 1 aliphatic rings. The SMILES string of the molecule is CC(C)C[C@H](NC(=O)c1ccc(F)c(F)c1F)C(=O)N1CCOCC1. The van der Waals surface area contributed by atoms with Crippen LogP contribution in [0.5, 0.6) is 0 Å². The van der Waals surface area contributed by atoms with Crippen molar-refractivity contribution in [3.05, 3.63) is 35.1 Å². The summed E-state index contributed by atoms with van der Waals surface area (Å²) in [5, 5.41) is 2.45. The monoisotopic (exact) mass is 358 g/mol. The van der Waals surface area contributed by atoms with E-state index in [0.717, 1.165) is 6.07 Å². The van der Waals surface area contributed by atoms with Crippen LogP contribution in [0.25, 0.3) is 0 Å². The molecular formula is C17H21F3N2O3. The zero-order valence-corrected chi connectivity index (χ0v) is 14.2. The molecule has 138 valence electrons. The first kappa shape index (κ1) is 19.2. The van der Waals surface area contributed by atoms with Gasteiger partial charge in [0.2, 0.25) is 5.91 Å². The van der Waals surface area contributed by atoms with Gasteiger partial charge < -0.3 is 15.0 Å². The molecule has 0 aliphatic carbocycles. The number of hydrogen-bond donors (Lipinski definition) is 1. The van der Waals surface area contributed by atoms with Gasteiger partial charge in [0.25, 0.3) is 5.91 Å². The number of amides is 2. The summed E-state index contributed by atoms with van der Waals surface area (Å²) in [6, 6.07) is 0.654. The van der Waals surface area contributed by atoms with Gasteiger partial charge in [0.15, 0.2) is 17.5 Å². The first-order valence-electron chi connectivity index (χ1n) is 8.12. The number of morpholine rings is 1. The molecule has 0 radical (unpaired) electrons. The van der Waals surface area contributed by atoms with Gasteiger partial charge in [-0.25, -0.2) is 13.2 Å². The third kappa shape index (κ3) is 4.72. The van der Waals surface area contributed by atoms with Crippen LogP contribution in [-0.2, 0) is 9.53 Å². The average molecular weight is 358 g/mol. The van der Waals surface area contributed by atoms with Crippen molar-refractivity contribution in [2.75, 3.05) is 26.3 Å². The quantitative estimate of drug-likeness (QED) is 0.820. The standard InChI is InChI=1S/C17H21F3N2O3/c1-10(2)9-13(17(24)22-5-7-25-8-6-22)21-16(23)11-3-4-12(18)15(20)14(11)19/h3-4,10,13H,5-9H2,1-2H3,(H,21,23)/t13-/m0/s1.